The first-order valence-electron chi connectivity index (χ1n) is 20.5. The average molecular weight is 973 g/mol. The molecule has 2 fully saturated rings. The van der Waals surface area contributed by atoms with E-state index in [9.17, 15) is 42.3 Å². The summed E-state index contributed by atoms with van der Waals surface area (Å²) in [5.41, 5.74) is 1.05. The Bertz CT molecular complexity index is 2900. The van der Waals surface area contributed by atoms with E-state index in [4.69, 9.17) is 21.1 Å². The molecule has 2 aromatic carbocycles. The number of pyridine rings is 4. The van der Waals surface area contributed by atoms with Crippen LogP contribution in [0, 0.1) is 29.7 Å². The number of benzene rings is 2. The van der Waals surface area contributed by atoms with Crippen LogP contribution in [0.1, 0.15) is 58.8 Å². The molecule has 14 nitrogen and oxygen atoms in total. The van der Waals surface area contributed by atoms with Gasteiger partial charge < -0.3 is 29.5 Å². The number of aromatic nitrogens is 4. The fraction of sp³-hybridized carbons (Fsp3) is 0.250. The van der Waals surface area contributed by atoms with Crippen LogP contribution in [0.3, 0.4) is 0 Å². The minimum Gasteiger partial charge on any atom is -0.461 e. The second kappa shape index (κ2) is 25.6. The smallest absolute Gasteiger partial charge is 0.461 e. The summed E-state index contributed by atoms with van der Waals surface area (Å²) in [6.45, 7) is 5.05. The van der Waals surface area contributed by atoms with E-state index in [-0.39, 0.29) is 86.9 Å². The van der Waals surface area contributed by atoms with Gasteiger partial charge in [-0.05, 0) is 50.2 Å². The Labute approximate surface area is 438 Å². The van der Waals surface area contributed by atoms with Crippen molar-refractivity contribution in [2.24, 2.45) is 0 Å². The summed E-state index contributed by atoms with van der Waals surface area (Å²) in [6, 6.07) is 27.8. The van der Waals surface area contributed by atoms with Gasteiger partial charge in [-0.2, -0.15) is 30.3 Å². The zero-order valence-corrected chi connectivity index (χ0v) is 41.5. The molecule has 2 aliphatic rings. The summed E-state index contributed by atoms with van der Waals surface area (Å²) in [4.78, 5) is 67.5. The van der Waals surface area contributed by atoms with E-state index in [2.05, 4.69) is 49.7 Å². The first-order valence-corrected chi connectivity index (χ1v) is 20.9. The molecule has 6 heterocycles. The number of hydrogen-bond acceptors (Lipinski definition) is 12. The van der Waals surface area contributed by atoms with Crippen LogP contribution < -0.4 is 51.4 Å². The van der Waals surface area contributed by atoms with Crippen LogP contribution in [-0.4, -0.2) is 123 Å². The second-order valence-corrected chi connectivity index (χ2v) is 14.9. The van der Waals surface area contributed by atoms with Gasteiger partial charge in [0.15, 0.2) is 10.8 Å². The molecule has 4 aromatic heterocycles. The van der Waals surface area contributed by atoms with Crippen LogP contribution in [0.4, 0.5) is 12.9 Å². The van der Waals surface area contributed by atoms with E-state index < -0.39 is 36.6 Å². The number of rotatable bonds is 5. The molecule has 2 N–H and O–H groups in total. The molecule has 68 heavy (non-hydrogen) atoms. The van der Waals surface area contributed by atoms with Gasteiger partial charge in [-0.1, -0.05) is 59.2 Å². The molecular weight excluding hydrogens is 931 g/mol. The molecule has 8 rings (SSSR count). The van der Waals surface area contributed by atoms with Crippen molar-refractivity contribution in [2.75, 3.05) is 40.4 Å². The molecule has 0 spiro atoms. The maximum Gasteiger partial charge on any atom is 1.00 e. The van der Waals surface area contributed by atoms with Crippen molar-refractivity contribution in [2.45, 2.75) is 37.9 Å². The Hall–Kier alpha value is -5.74. The van der Waals surface area contributed by atoms with Crippen molar-refractivity contribution in [3.05, 3.63) is 131 Å². The van der Waals surface area contributed by atoms with Crippen LogP contribution >= 0.6 is 11.6 Å². The van der Waals surface area contributed by atoms with Crippen molar-refractivity contribution in [3.63, 3.8) is 0 Å². The minimum absolute atomic E-state index is 0. The quantitative estimate of drug-likeness (QED) is 0.0848. The molecule has 6 aromatic rings. The van der Waals surface area contributed by atoms with Gasteiger partial charge in [0.25, 0.3) is 11.8 Å². The average Bonchev–Trinajstić information content (AvgIpc) is 3.74. The maximum absolute atomic E-state index is 12.3. The van der Waals surface area contributed by atoms with Crippen LogP contribution in [0.5, 0.6) is 0 Å². The molecule has 0 unspecified atom stereocenters. The number of ether oxygens (including phenoxy) is 2. The third kappa shape index (κ3) is 14.6. The Kier molecular flexibility index (Phi) is 20.6. The Morgan fingerprint density at radius 1 is 0.765 bits per heavy atom. The van der Waals surface area contributed by atoms with Gasteiger partial charge >= 0.3 is 70.9 Å². The first-order chi connectivity index (χ1) is 32.0. The number of carbonyl (C=O) groups excluding carboxylic acids is 4. The van der Waals surface area contributed by atoms with E-state index in [1.54, 1.807) is 94.9 Å². The van der Waals surface area contributed by atoms with Crippen molar-refractivity contribution >= 4 is 64.7 Å². The summed E-state index contributed by atoms with van der Waals surface area (Å²) in [5, 5.41) is 22.3. The predicted molar refractivity (Wildman–Crippen MR) is 244 cm³/mol. The van der Waals surface area contributed by atoms with Crippen LogP contribution in [0.25, 0.3) is 33.1 Å². The summed E-state index contributed by atoms with van der Waals surface area (Å²) >= 11 is 5.93. The molecular formula is C48H42BClF3KN6O8. The number of carbonyl (C=O) groups is 4. The summed E-state index contributed by atoms with van der Waals surface area (Å²) in [6.07, 6.45) is 3.93. The number of halogens is 4. The van der Waals surface area contributed by atoms with Gasteiger partial charge in [-0.3, -0.25) is 32.5 Å². The normalized spacial score (nSPS) is 16.7. The predicted octanol–water partition coefficient (Wildman–Crippen LogP) is 3.19. The third-order valence-corrected chi connectivity index (χ3v) is 10.1. The number of esters is 2. The molecule has 2 saturated heterocycles. The van der Waals surface area contributed by atoms with Gasteiger partial charge in [0, 0.05) is 74.3 Å². The van der Waals surface area contributed by atoms with Crippen LogP contribution in [0.2, 0.25) is 5.15 Å². The zero-order chi connectivity index (χ0) is 48.7. The van der Waals surface area contributed by atoms with Crippen LogP contribution in [0.15, 0.2) is 97.3 Å². The summed E-state index contributed by atoms with van der Waals surface area (Å²) in [5.74, 6) is 9.38. The Morgan fingerprint density at radius 3 is 1.76 bits per heavy atom. The zero-order valence-electron chi connectivity index (χ0n) is 37.6. The largest absolute Gasteiger partial charge is 1.00 e. The number of amides is 2. The van der Waals surface area contributed by atoms with Crippen LogP contribution in [-0.2, 0) is 19.1 Å². The summed E-state index contributed by atoms with van der Waals surface area (Å²) in [7, 11) is -0.360. The van der Waals surface area contributed by atoms with Crippen molar-refractivity contribution in [3.8, 4) is 34.9 Å². The molecule has 0 radical (unpaired) electrons. The molecule has 0 aliphatic carbocycles. The molecule has 0 bridgehead atoms. The van der Waals surface area contributed by atoms with Gasteiger partial charge in [-0.15, -0.1) is 5.92 Å². The van der Waals surface area contributed by atoms with E-state index in [0.717, 1.165) is 16.3 Å². The van der Waals surface area contributed by atoms with Crippen molar-refractivity contribution in [1.82, 2.24) is 29.7 Å². The minimum atomic E-state index is -3.67. The molecule has 2 aliphatic heterocycles. The molecule has 2 amide bonds. The van der Waals surface area contributed by atoms with Crippen molar-refractivity contribution in [1.29, 1.82) is 0 Å². The van der Waals surface area contributed by atoms with Gasteiger partial charge in [0.2, 0.25) is 11.2 Å². The van der Waals surface area contributed by atoms with Gasteiger partial charge in [0.1, 0.15) is 11.2 Å². The number of fused-ring (bicyclic) bond motifs is 2. The van der Waals surface area contributed by atoms with E-state index in [0.29, 0.717) is 54.0 Å². The molecule has 2 atom stereocenters. The number of hydrogen-bond donors (Lipinski definition) is 2. The van der Waals surface area contributed by atoms with Crippen molar-refractivity contribution < 1.29 is 103 Å². The third-order valence-electron chi connectivity index (χ3n) is 9.79. The molecule has 344 valence electrons. The number of likely N-dealkylation sites (N-methyl/N-ethyl adjacent to an activating group) is 2. The van der Waals surface area contributed by atoms with Gasteiger partial charge in [-0.25, -0.2) is 19.6 Å². The van der Waals surface area contributed by atoms with E-state index in [1.807, 2.05) is 30.3 Å². The second-order valence-electron chi connectivity index (χ2n) is 14.5. The van der Waals surface area contributed by atoms with E-state index >= 15 is 0 Å². The van der Waals surface area contributed by atoms with Gasteiger partial charge in [0.05, 0.1) is 24.4 Å². The Balaban J connectivity index is 0.000000230. The first kappa shape index (κ1) is 54.9. The molecule has 20 heteroatoms. The number of likely N-dealkylation sites (tertiary alicyclic amines) is 2. The molecule has 0 saturated carbocycles. The maximum atomic E-state index is 12.3. The topological polar surface area (TPSA) is 185 Å². The van der Waals surface area contributed by atoms with E-state index in [1.165, 1.54) is 9.80 Å². The number of aliphatic hydroxyl groups is 2. The monoisotopic (exact) mass is 972 g/mol. The SMILES string of the molecule is CCOC(=O)c1cc2cccnc2c(-c2cccc(C#C[C@]3(O)CCN(C)C3=O)c2)n1.CCOC(=O)c1cc2cccnc2c(Cl)n1.CN1CC[C@@](O)(C#Cc2c[c-]ccc2)C1=O.FB(F)F.[K+]. The fourth-order valence-electron chi connectivity index (χ4n) is 6.46. The fourth-order valence-corrected chi connectivity index (χ4v) is 6.71. The summed E-state index contributed by atoms with van der Waals surface area (Å²) < 4.78 is 39.0. The number of nitrogens with zero attached hydrogens (tertiary/aromatic N) is 6. The Morgan fingerprint density at radius 2 is 1.26 bits per heavy atom. The standard InChI is InChI=1S/C24H21N3O4.C13H12NO2.C11H9ClN2O2.BF3.K/c1-3-31-22(28)19-15-18-8-5-12-25-20(18)21(26-19)17-7-4-6-16(14-17)9-10-24(30)11-13-27(2)23(24)29;1-14-10-9-13(16,12(14)15)8-7-11-5-3-2-4-6-11;1-2-16-11(15)8-6-7-4-3-5-13-9(7)10(12)14-8;2-1(3)4;/h4-8,12,14-15,30H,3,11,13H2,1-2H3;2-3,5-6,16H,9-10H2,1H3;3-6H,2H2,1H3;;/q;-1;;;+1/t24-;13-;;;/m00.../s1.